The minimum atomic E-state index is -0.871. The van der Waals surface area contributed by atoms with Gasteiger partial charge in [-0.2, -0.15) is 0 Å². The minimum absolute atomic E-state index is 0.164. The second-order valence-corrected chi connectivity index (χ2v) is 5.59. The highest BCUT2D eigenvalue weighted by Gasteiger charge is 2.14. The van der Waals surface area contributed by atoms with E-state index < -0.39 is 11.6 Å². The first-order valence-corrected chi connectivity index (χ1v) is 7.42. The molecule has 1 atom stereocenters. The Bertz CT molecular complexity index is 631. The molecular formula is C16H15BrF3N. The van der Waals surface area contributed by atoms with Crippen LogP contribution in [0.25, 0.3) is 0 Å². The molecule has 21 heavy (non-hydrogen) atoms. The molecule has 0 aliphatic rings. The number of halogens is 4. The van der Waals surface area contributed by atoms with Crippen molar-refractivity contribution < 1.29 is 13.2 Å². The molecule has 112 valence electrons. The van der Waals surface area contributed by atoms with Crippen molar-refractivity contribution in [3.63, 3.8) is 0 Å². The van der Waals surface area contributed by atoms with E-state index in [4.69, 9.17) is 0 Å². The maximum absolute atomic E-state index is 13.7. The molecular weight excluding hydrogens is 343 g/mol. The smallest absolute Gasteiger partial charge is 0.159 e. The Hall–Kier alpha value is -1.33. The van der Waals surface area contributed by atoms with Crippen LogP contribution in [0.15, 0.2) is 40.9 Å². The SMILES string of the molecule is CCNC(Cc1ccc(F)c(F)c1)c1ccc(Br)c(F)c1. The van der Waals surface area contributed by atoms with Crippen molar-refractivity contribution in [1.29, 1.82) is 0 Å². The maximum atomic E-state index is 13.7. The van der Waals surface area contributed by atoms with E-state index in [1.807, 2.05) is 6.92 Å². The van der Waals surface area contributed by atoms with E-state index in [2.05, 4.69) is 21.2 Å². The van der Waals surface area contributed by atoms with Crippen LogP contribution in [0.1, 0.15) is 24.1 Å². The van der Waals surface area contributed by atoms with Crippen LogP contribution >= 0.6 is 15.9 Å². The van der Waals surface area contributed by atoms with Gasteiger partial charge in [0.25, 0.3) is 0 Å². The van der Waals surface area contributed by atoms with Gasteiger partial charge in [-0.15, -0.1) is 0 Å². The molecule has 0 radical (unpaired) electrons. The van der Waals surface area contributed by atoms with Crippen LogP contribution in [0.4, 0.5) is 13.2 Å². The Balaban J connectivity index is 2.25. The second kappa shape index (κ2) is 7.09. The lowest BCUT2D eigenvalue weighted by molar-refractivity contribution is 0.502. The fourth-order valence-electron chi connectivity index (χ4n) is 2.19. The minimum Gasteiger partial charge on any atom is -0.310 e. The van der Waals surface area contributed by atoms with Gasteiger partial charge in [0, 0.05) is 6.04 Å². The Kier molecular flexibility index (Phi) is 5.42. The lowest BCUT2D eigenvalue weighted by atomic mass is 9.98. The molecule has 5 heteroatoms. The third-order valence-corrected chi connectivity index (χ3v) is 3.86. The zero-order valence-corrected chi connectivity index (χ0v) is 13.1. The third-order valence-electron chi connectivity index (χ3n) is 3.22. The van der Waals surface area contributed by atoms with Gasteiger partial charge in [0.1, 0.15) is 5.82 Å². The summed E-state index contributed by atoms with van der Waals surface area (Å²) in [5.74, 6) is -2.08. The van der Waals surface area contributed by atoms with Crippen LogP contribution in [0.3, 0.4) is 0 Å². The summed E-state index contributed by atoms with van der Waals surface area (Å²) in [6.07, 6.45) is 0.451. The van der Waals surface area contributed by atoms with Crippen molar-refractivity contribution in [1.82, 2.24) is 5.32 Å². The Labute approximate surface area is 130 Å². The fraction of sp³-hybridized carbons (Fsp3) is 0.250. The van der Waals surface area contributed by atoms with Crippen molar-refractivity contribution in [2.45, 2.75) is 19.4 Å². The Morgan fingerprint density at radius 3 is 2.38 bits per heavy atom. The average Bonchev–Trinajstić information content (AvgIpc) is 2.45. The first-order valence-electron chi connectivity index (χ1n) is 6.63. The fourth-order valence-corrected chi connectivity index (χ4v) is 2.43. The number of nitrogens with one attached hydrogen (secondary N) is 1. The lowest BCUT2D eigenvalue weighted by Crippen LogP contribution is -2.23. The number of hydrogen-bond acceptors (Lipinski definition) is 1. The normalized spacial score (nSPS) is 12.4. The molecule has 0 aromatic heterocycles. The summed E-state index contributed by atoms with van der Waals surface area (Å²) in [5, 5.41) is 3.23. The summed E-state index contributed by atoms with van der Waals surface area (Å²) < 4.78 is 40.3. The van der Waals surface area contributed by atoms with Gasteiger partial charge >= 0.3 is 0 Å². The lowest BCUT2D eigenvalue weighted by Gasteiger charge is -2.19. The molecule has 1 N–H and O–H groups in total. The molecule has 0 spiro atoms. The van der Waals surface area contributed by atoms with Crippen molar-refractivity contribution >= 4 is 15.9 Å². The summed E-state index contributed by atoms with van der Waals surface area (Å²) in [7, 11) is 0. The predicted molar refractivity (Wildman–Crippen MR) is 80.6 cm³/mol. The monoisotopic (exact) mass is 357 g/mol. The van der Waals surface area contributed by atoms with Crippen LogP contribution in [0.2, 0.25) is 0 Å². The maximum Gasteiger partial charge on any atom is 0.159 e. The topological polar surface area (TPSA) is 12.0 Å². The van der Waals surface area contributed by atoms with E-state index in [-0.39, 0.29) is 11.9 Å². The van der Waals surface area contributed by atoms with Crippen molar-refractivity contribution in [2.75, 3.05) is 6.54 Å². The number of benzene rings is 2. The number of rotatable bonds is 5. The average molecular weight is 358 g/mol. The quantitative estimate of drug-likeness (QED) is 0.813. The molecule has 0 amide bonds. The largest absolute Gasteiger partial charge is 0.310 e. The standard InChI is InChI=1S/C16H15BrF3N/c1-2-21-16(11-4-5-12(17)14(19)9-11)8-10-3-6-13(18)15(20)7-10/h3-7,9,16,21H,2,8H2,1H3. The van der Waals surface area contributed by atoms with Crippen LogP contribution < -0.4 is 5.32 Å². The van der Waals surface area contributed by atoms with Gasteiger partial charge < -0.3 is 5.32 Å². The highest BCUT2D eigenvalue weighted by atomic mass is 79.9. The molecule has 1 unspecified atom stereocenters. The van der Waals surface area contributed by atoms with E-state index in [9.17, 15) is 13.2 Å². The molecule has 0 aliphatic carbocycles. The van der Waals surface area contributed by atoms with Crippen molar-refractivity contribution in [3.05, 3.63) is 69.4 Å². The molecule has 2 aromatic rings. The zero-order chi connectivity index (χ0) is 15.4. The summed E-state index contributed by atoms with van der Waals surface area (Å²) in [6, 6.07) is 8.54. The molecule has 0 bridgehead atoms. The first kappa shape index (κ1) is 16.0. The summed E-state index contributed by atoms with van der Waals surface area (Å²) >= 11 is 3.12. The second-order valence-electron chi connectivity index (χ2n) is 4.74. The molecule has 0 saturated carbocycles. The van der Waals surface area contributed by atoms with Gasteiger partial charge in [-0.25, -0.2) is 13.2 Å². The summed E-state index contributed by atoms with van der Waals surface area (Å²) in [4.78, 5) is 0. The Morgan fingerprint density at radius 2 is 1.76 bits per heavy atom. The van der Waals surface area contributed by atoms with E-state index >= 15 is 0 Å². The van der Waals surface area contributed by atoms with Crippen LogP contribution in [0, 0.1) is 17.5 Å². The van der Waals surface area contributed by atoms with Gasteiger partial charge in [-0.1, -0.05) is 19.1 Å². The zero-order valence-electron chi connectivity index (χ0n) is 11.5. The molecule has 0 heterocycles. The molecule has 0 aliphatic heterocycles. The Morgan fingerprint density at radius 1 is 1.00 bits per heavy atom. The van der Waals surface area contributed by atoms with Crippen molar-refractivity contribution in [3.8, 4) is 0 Å². The van der Waals surface area contributed by atoms with Crippen LogP contribution in [-0.4, -0.2) is 6.54 Å². The van der Waals surface area contributed by atoms with Gasteiger partial charge in [-0.3, -0.25) is 0 Å². The molecule has 2 aromatic carbocycles. The highest BCUT2D eigenvalue weighted by molar-refractivity contribution is 9.10. The van der Waals surface area contributed by atoms with E-state index in [0.29, 0.717) is 23.0 Å². The van der Waals surface area contributed by atoms with E-state index in [1.165, 1.54) is 18.2 Å². The van der Waals surface area contributed by atoms with Gasteiger partial charge in [0.2, 0.25) is 0 Å². The molecule has 1 nitrogen and oxygen atoms in total. The van der Waals surface area contributed by atoms with Crippen molar-refractivity contribution in [2.24, 2.45) is 0 Å². The molecule has 0 fully saturated rings. The van der Waals surface area contributed by atoms with Gasteiger partial charge in [0.05, 0.1) is 4.47 Å². The number of hydrogen-bond donors (Lipinski definition) is 1. The van der Waals surface area contributed by atoms with E-state index in [1.54, 1.807) is 12.1 Å². The third kappa shape index (κ3) is 4.08. The van der Waals surface area contributed by atoms with Crippen LogP contribution in [0.5, 0.6) is 0 Å². The highest BCUT2D eigenvalue weighted by Crippen LogP contribution is 2.24. The van der Waals surface area contributed by atoms with E-state index in [0.717, 1.165) is 11.6 Å². The van der Waals surface area contributed by atoms with Gasteiger partial charge in [-0.05, 0) is 64.3 Å². The van der Waals surface area contributed by atoms with Crippen LogP contribution in [-0.2, 0) is 6.42 Å². The summed E-state index contributed by atoms with van der Waals surface area (Å²) in [5.41, 5.74) is 1.42. The van der Waals surface area contributed by atoms with Gasteiger partial charge in [0.15, 0.2) is 11.6 Å². The first-order chi connectivity index (χ1) is 10.0. The molecule has 2 rings (SSSR count). The predicted octanol–water partition coefficient (Wildman–Crippen LogP) is 4.76. The number of likely N-dealkylation sites (N-methyl/N-ethyl adjacent to an activating group) is 1. The molecule has 0 saturated heterocycles. The summed E-state index contributed by atoms with van der Waals surface area (Å²) in [6.45, 7) is 2.62.